The fourth-order valence-electron chi connectivity index (χ4n) is 4.07. The van der Waals surface area contributed by atoms with Gasteiger partial charge in [0.2, 0.25) is 5.91 Å². The highest BCUT2D eigenvalue weighted by molar-refractivity contribution is 5.96. The van der Waals surface area contributed by atoms with Gasteiger partial charge in [-0.1, -0.05) is 31.0 Å². The molecule has 0 bridgehead atoms. The fourth-order valence-corrected chi connectivity index (χ4v) is 4.07. The molecule has 3 rings (SSSR count). The summed E-state index contributed by atoms with van der Waals surface area (Å²) in [5.74, 6) is -2.03. The van der Waals surface area contributed by atoms with Crippen molar-refractivity contribution >= 4 is 11.9 Å². The lowest BCUT2D eigenvalue weighted by molar-refractivity contribution is -0.146. The van der Waals surface area contributed by atoms with Crippen molar-refractivity contribution in [3.8, 4) is 0 Å². The van der Waals surface area contributed by atoms with E-state index in [1.165, 1.54) is 25.1 Å². The number of carbonyl (C=O) groups is 2. The Hall–Kier alpha value is -2.31. The molecule has 1 fully saturated rings. The molecule has 152 valence electrons. The topological polar surface area (TPSA) is 55.4 Å². The van der Waals surface area contributed by atoms with E-state index in [1.807, 2.05) is 0 Å². The lowest BCUT2D eigenvalue weighted by atomic mass is 9.82. The van der Waals surface area contributed by atoms with Crippen molar-refractivity contribution in [3.05, 3.63) is 46.7 Å². The van der Waals surface area contributed by atoms with E-state index in [2.05, 4.69) is 5.32 Å². The normalized spacial score (nSPS) is 21.9. The quantitative estimate of drug-likeness (QED) is 0.588. The average molecular weight is 395 g/mol. The highest BCUT2D eigenvalue weighted by Gasteiger charge is 2.40. The average Bonchev–Trinajstić information content (AvgIpc) is 2.89. The molecule has 1 aliphatic heterocycles. The van der Waals surface area contributed by atoms with Gasteiger partial charge < -0.3 is 10.1 Å². The van der Waals surface area contributed by atoms with Gasteiger partial charge >= 0.3 is 12.1 Å². The molecule has 1 atom stereocenters. The Morgan fingerprint density at radius 3 is 2.39 bits per heavy atom. The highest BCUT2D eigenvalue weighted by atomic mass is 19.4. The van der Waals surface area contributed by atoms with E-state index in [1.54, 1.807) is 0 Å². The second kappa shape index (κ2) is 8.37. The summed E-state index contributed by atoms with van der Waals surface area (Å²) in [7, 11) is 0. The Morgan fingerprint density at radius 2 is 1.75 bits per heavy atom. The third-order valence-corrected chi connectivity index (χ3v) is 5.41. The van der Waals surface area contributed by atoms with Gasteiger partial charge in [-0.15, -0.1) is 0 Å². The molecule has 0 aromatic heterocycles. The van der Waals surface area contributed by atoms with Crippen LogP contribution >= 0.6 is 0 Å². The Bertz CT molecular complexity index is 777. The summed E-state index contributed by atoms with van der Waals surface area (Å²) < 4.78 is 46.2. The number of esters is 1. The summed E-state index contributed by atoms with van der Waals surface area (Å²) in [4.78, 5) is 25.0. The monoisotopic (exact) mass is 395 g/mol. The highest BCUT2D eigenvalue weighted by Crippen LogP contribution is 2.41. The zero-order valence-corrected chi connectivity index (χ0v) is 15.8. The minimum atomic E-state index is -4.57. The molecular formula is C21H24F3NO3. The number of carbonyl (C=O) groups excluding carboxylic acids is 2. The van der Waals surface area contributed by atoms with E-state index < -0.39 is 29.5 Å². The maximum Gasteiger partial charge on any atom is 0.416 e. The summed E-state index contributed by atoms with van der Waals surface area (Å²) in [6.45, 7) is 1.53. The van der Waals surface area contributed by atoms with E-state index in [0.29, 0.717) is 0 Å². The third-order valence-electron chi connectivity index (χ3n) is 5.41. The first-order valence-corrected chi connectivity index (χ1v) is 9.65. The van der Waals surface area contributed by atoms with Crippen LogP contribution in [0.15, 0.2) is 35.5 Å². The molecule has 1 saturated carbocycles. The van der Waals surface area contributed by atoms with Crippen LogP contribution in [0.3, 0.4) is 0 Å². The zero-order valence-electron chi connectivity index (χ0n) is 15.8. The van der Waals surface area contributed by atoms with Crippen LogP contribution < -0.4 is 5.32 Å². The minimum Gasteiger partial charge on any atom is -0.459 e. The summed E-state index contributed by atoms with van der Waals surface area (Å²) in [5, 5.41) is 2.58. The van der Waals surface area contributed by atoms with Crippen LogP contribution in [0.5, 0.6) is 0 Å². The first kappa shape index (κ1) is 20.4. The predicted octanol–water partition coefficient (Wildman–Crippen LogP) is 4.85. The molecule has 1 aromatic carbocycles. The largest absolute Gasteiger partial charge is 0.459 e. The van der Waals surface area contributed by atoms with Crippen molar-refractivity contribution < 1.29 is 27.5 Å². The molecular weight excluding hydrogens is 371 g/mol. The van der Waals surface area contributed by atoms with Crippen LogP contribution in [0.25, 0.3) is 0 Å². The maximum atomic E-state index is 13.5. The minimum absolute atomic E-state index is 0.0722. The van der Waals surface area contributed by atoms with Gasteiger partial charge in [-0.2, -0.15) is 13.2 Å². The molecule has 1 heterocycles. The molecule has 28 heavy (non-hydrogen) atoms. The molecule has 1 aromatic rings. The molecule has 2 aliphatic rings. The van der Waals surface area contributed by atoms with E-state index >= 15 is 0 Å². The van der Waals surface area contributed by atoms with Gasteiger partial charge in [-0.3, -0.25) is 4.79 Å². The van der Waals surface area contributed by atoms with Crippen molar-refractivity contribution in [2.45, 2.75) is 70.1 Å². The van der Waals surface area contributed by atoms with E-state index in [9.17, 15) is 22.8 Å². The van der Waals surface area contributed by atoms with Crippen LogP contribution in [-0.2, 0) is 20.5 Å². The van der Waals surface area contributed by atoms with Gasteiger partial charge in [0.1, 0.15) is 6.10 Å². The van der Waals surface area contributed by atoms with Gasteiger partial charge in [0.05, 0.1) is 11.1 Å². The number of benzene rings is 1. The Labute approximate surface area is 162 Å². The van der Waals surface area contributed by atoms with Gasteiger partial charge in [-0.25, -0.2) is 4.79 Å². The van der Waals surface area contributed by atoms with E-state index in [4.69, 9.17) is 4.74 Å². The number of allylic oxidation sites excluding steroid dienone is 1. The van der Waals surface area contributed by atoms with Crippen molar-refractivity contribution in [2.75, 3.05) is 0 Å². The van der Waals surface area contributed by atoms with Crippen LogP contribution in [0, 0.1) is 0 Å². The number of hydrogen-bond acceptors (Lipinski definition) is 3. The SMILES string of the molecule is CC1=C(C(=O)OC2CCCCCC2)[C@@H](c2ccccc2C(F)(F)F)CC(=O)N1. The molecule has 0 unspecified atom stereocenters. The number of nitrogens with one attached hydrogen (secondary N) is 1. The molecule has 1 aliphatic carbocycles. The molecule has 7 heteroatoms. The van der Waals surface area contributed by atoms with Crippen LogP contribution in [0.2, 0.25) is 0 Å². The molecule has 1 N–H and O–H groups in total. The summed E-state index contributed by atoms with van der Waals surface area (Å²) in [6, 6.07) is 5.10. The van der Waals surface area contributed by atoms with Crippen LogP contribution in [-0.4, -0.2) is 18.0 Å². The van der Waals surface area contributed by atoms with Crippen LogP contribution in [0.1, 0.15) is 68.9 Å². The fraction of sp³-hybridized carbons (Fsp3) is 0.524. The second-order valence-electron chi connectivity index (χ2n) is 7.45. The third kappa shape index (κ3) is 4.56. The molecule has 1 amide bonds. The first-order chi connectivity index (χ1) is 13.3. The first-order valence-electron chi connectivity index (χ1n) is 9.65. The maximum absolute atomic E-state index is 13.5. The standard InChI is InChI=1S/C21H24F3NO3/c1-13-19(20(27)28-14-8-4-2-3-5-9-14)16(12-18(26)25-13)15-10-6-7-11-17(15)21(22,23)24/h6-7,10-11,14,16H,2-5,8-9,12H2,1H3,(H,25,26)/t16-/m1/s1. The molecule has 0 saturated heterocycles. The number of hydrogen-bond donors (Lipinski definition) is 1. The second-order valence-corrected chi connectivity index (χ2v) is 7.45. The van der Waals surface area contributed by atoms with E-state index in [-0.39, 0.29) is 29.4 Å². The Kier molecular flexibility index (Phi) is 6.10. The smallest absolute Gasteiger partial charge is 0.416 e. The number of rotatable bonds is 3. The number of alkyl halides is 3. The Balaban J connectivity index is 1.94. The van der Waals surface area contributed by atoms with Gasteiger partial charge in [0.15, 0.2) is 0 Å². The summed E-state index contributed by atoms with van der Waals surface area (Å²) in [6.07, 6.45) is 0.601. The molecule has 4 nitrogen and oxygen atoms in total. The number of ether oxygens (including phenoxy) is 1. The lowest BCUT2D eigenvalue weighted by Crippen LogP contribution is -2.35. The van der Waals surface area contributed by atoms with E-state index in [0.717, 1.165) is 44.6 Å². The predicted molar refractivity (Wildman–Crippen MR) is 97.2 cm³/mol. The van der Waals surface area contributed by atoms with Crippen molar-refractivity contribution in [2.24, 2.45) is 0 Å². The van der Waals surface area contributed by atoms with Crippen molar-refractivity contribution in [1.29, 1.82) is 0 Å². The van der Waals surface area contributed by atoms with Crippen molar-refractivity contribution in [1.82, 2.24) is 5.32 Å². The summed E-state index contributed by atoms with van der Waals surface area (Å²) >= 11 is 0. The molecule has 0 radical (unpaired) electrons. The summed E-state index contributed by atoms with van der Waals surface area (Å²) in [5.41, 5.74) is -0.531. The Morgan fingerprint density at radius 1 is 1.11 bits per heavy atom. The van der Waals surface area contributed by atoms with Gasteiger partial charge in [0, 0.05) is 18.0 Å². The van der Waals surface area contributed by atoms with Crippen LogP contribution in [0.4, 0.5) is 13.2 Å². The lowest BCUT2D eigenvalue weighted by Gasteiger charge is -2.29. The molecule has 0 spiro atoms. The van der Waals surface area contributed by atoms with Gasteiger partial charge in [-0.05, 0) is 44.2 Å². The zero-order chi connectivity index (χ0) is 20.3. The number of halogens is 3. The van der Waals surface area contributed by atoms with Crippen molar-refractivity contribution in [3.63, 3.8) is 0 Å². The number of amides is 1. The van der Waals surface area contributed by atoms with Gasteiger partial charge in [0.25, 0.3) is 0 Å².